The van der Waals surface area contributed by atoms with Crippen molar-refractivity contribution < 1.29 is 4.79 Å². The van der Waals surface area contributed by atoms with Crippen LogP contribution in [0.4, 0.5) is 5.69 Å². The lowest BCUT2D eigenvalue weighted by Crippen LogP contribution is -2.26. The molecule has 0 bridgehead atoms. The summed E-state index contributed by atoms with van der Waals surface area (Å²) in [6, 6.07) is 9.58. The van der Waals surface area contributed by atoms with Crippen LogP contribution in [0.25, 0.3) is 0 Å². The SMILES string of the molecule is CC(c1cccs1)N(C)CCC(=O)Nc1c(Cl)cccc1Cl. The highest BCUT2D eigenvalue weighted by atomic mass is 35.5. The van der Waals surface area contributed by atoms with Gasteiger partial charge in [-0.05, 0) is 37.6 Å². The molecule has 1 aromatic heterocycles. The van der Waals surface area contributed by atoms with Gasteiger partial charge in [0.2, 0.25) is 5.91 Å². The first-order chi connectivity index (χ1) is 10.5. The molecule has 2 aromatic rings. The molecule has 1 heterocycles. The van der Waals surface area contributed by atoms with Gasteiger partial charge in [-0.25, -0.2) is 0 Å². The molecule has 0 aliphatic heterocycles. The van der Waals surface area contributed by atoms with Crippen LogP contribution in [0.15, 0.2) is 35.7 Å². The zero-order valence-corrected chi connectivity index (χ0v) is 14.8. The summed E-state index contributed by atoms with van der Waals surface area (Å²) in [4.78, 5) is 15.5. The Kier molecular flexibility index (Phi) is 6.26. The third-order valence-corrected chi connectivity index (χ3v) is 5.21. The molecular formula is C16H18Cl2N2OS. The van der Waals surface area contributed by atoms with Crippen LogP contribution in [0.1, 0.15) is 24.3 Å². The number of para-hydroxylation sites is 1. The first-order valence-electron chi connectivity index (χ1n) is 6.96. The molecule has 22 heavy (non-hydrogen) atoms. The number of halogens is 2. The van der Waals surface area contributed by atoms with Crippen LogP contribution in [0.3, 0.4) is 0 Å². The Labute approximate surface area is 144 Å². The van der Waals surface area contributed by atoms with Crippen molar-refractivity contribution in [3.05, 3.63) is 50.6 Å². The summed E-state index contributed by atoms with van der Waals surface area (Å²) in [5.41, 5.74) is 0.477. The maximum Gasteiger partial charge on any atom is 0.225 e. The lowest BCUT2D eigenvalue weighted by molar-refractivity contribution is -0.116. The van der Waals surface area contributed by atoms with E-state index in [1.807, 2.05) is 13.1 Å². The van der Waals surface area contributed by atoms with Gasteiger partial charge in [-0.15, -0.1) is 11.3 Å². The summed E-state index contributed by atoms with van der Waals surface area (Å²) < 4.78 is 0. The van der Waals surface area contributed by atoms with Gasteiger partial charge in [0.1, 0.15) is 0 Å². The molecule has 1 atom stereocenters. The van der Waals surface area contributed by atoms with E-state index in [0.717, 1.165) is 0 Å². The maximum absolute atomic E-state index is 12.1. The predicted octanol–water partition coefficient (Wildman–Crippen LogP) is 5.08. The molecule has 0 aliphatic carbocycles. The number of benzene rings is 1. The summed E-state index contributed by atoms with van der Waals surface area (Å²) in [6.45, 7) is 2.79. The second-order valence-corrected chi connectivity index (χ2v) is 6.86. The molecule has 0 radical (unpaired) electrons. The van der Waals surface area contributed by atoms with Crippen LogP contribution in [0.5, 0.6) is 0 Å². The topological polar surface area (TPSA) is 32.3 Å². The van der Waals surface area contributed by atoms with Crippen molar-refractivity contribution in [1.29, 1.82) is 0 Å². The Balaban J connectivity index is 1.88. The van der Waals surface area contributed by atoms with Crippen molar-refractivity contribution in [3.8, 4) is 0 Å². The molecule has 0 saturated carbocycles. The molecule has 1 unspecified atom stereocenters. The Morgan fingerprint density at radius 3 is 2.55 bits per heavy atom. The quantitative estimate of drug-likeness (QED) is 0.782. The van der Waals surface area contributed by atoms with Crippen LogP contribution in [0, 0.1) is 0 Å². The van der Waals surface area contributed by atoms with Gasteiger partial charge in [0, 0.05) is 23.9 Å². The smallest absolute Gasteiger partial charge is 0.225 e. The standard InChI is InChI=1S/C16H18Cl2N2OS/c1-11(14-7-4-10-22-14)20(2)9-8-15(21)19-16-12(17)5-3-6-13(16)18/h3-7,10-11H,8-9H2,1-2H3,(H,19,21). The van der Waals surface area contributed by atoms with Gasteiger partial charge in [-0.3, -0.25) is 9.69 Å². The number of nitrogens with zero attached hydrogens (tertiary/aromatic N) is 1. The molecule has 1 amide bonds. The number of thiophene rings is 1. The van der Waals surface area contributed by atoms with E-state index in [0.29, 0.717) is 28.7 Å². The third kappa shape index (κ3) is 4.46. The monoisotopic (exact) mass is 356 g/mol. The second kappa shape index (κ2) is 7.97. The van der Waals surface area contributed by atoms with E-state index in [1.165, 1.54) is 4.88 Å². The lowest BCUT2D eigenvalue weighted by atomic mass is 10.2. The van der Waals surface area contributed by atoms with E-state index >= 15 is 0 Å². The van der Waals surface area contributed by atoms with Crippen LogP contribution >= 0.6 is 34.5 Å². The summed E-state index contributed by atoms with van der Waals surface area (Å²) >= 11 is 13.8. The second-order valence-electron chi connectivity index (χ2n) is 5.07. The fourth-order valence-electron chi connectivity index (χ4n) is 2.04. The highest BCUT2D eigenvalue weighted by Gasteiger charge is 2.15. The molecule has 0 saturated heterocycles. The molecular weight excluding hydrogens is 339 g/mol. The highest BCUT2D eigenvalue weighted by Crippen LogP contribution is 2.30. The Hall–Kier alpha value is -1.07. The van der Waals surface area contributed by atoms with Gasteiger partial charge in [0.15, 0.2) is 0 Å². The minimum absolute atomic E-state index is 0.0970. The van der Waals surface area contributed by atoms with Gasteiger partial charge < -0.3 is 5.32 Å². The van der Waals surface area contributed by atoms with Gasteiger partial charge in [-0.1, -0.05) is 35.3 Å². The molecule has 6 heteroatoms. The molecule has 0 spiro atoms. The zero-order chi connectivity index (χ0) is 16.1. The number of anilines is 1. The van der Waals surface area contributed by atoms with Crippen molar-refractivity contribution in [2.24, 2.45) is 0 Å². The van der Waals surface area contributed by atoms with Crippen LogP contribution in [-0.4, -0.2) is 24.4 Å². The Morgan fingerprint density at radius 1 is 1.27 bits per heavy atom. The number of hydrogen-bond donors (Lipinski definition) is 1. The molecule has 0 fully saturated rings. The Morgan fingerprint density at radius 2 is 1.95 bits per heavy atom. The Bertz CT molecular complexity index is 611. The van der Waals surface area contributed by atoms with E-state index in [2.05, 4.69) is 28.6 Å². The molecule has 1 aromatic carbocycles. The van der Waals surface area contributed by atoms with Crippen LogP contribution < -0.4 is 5.32 Å². The number of rotatable bonds is 6. The van der Waals surface area contributed by atoms with E-state index in [4.69, 9.17) is 23.2 Å². The van der Waals surface area contributed by atoms with Gasteiger partial charge in [0.25, 0.3) is 0 Å². The van der Waals surface area contributed by atoms with E-state index in [1.54, 1.807) is 29.5 Å². The van der Waals surface area contributed by atoms with Crippen molar-refractivity contribution in [2.45, 2.75) is 19.4 Å². The predicted molar refractivity (Wildman–Crippen MR) is 95.1 cm³/mol. The van der Waals surface area contributed by atoms with E-state index < -0.39 is 0 Å². The summed E-state index contributed by atoms with van der Waals surface area (Å²) in [5.74, 6) is -0.0970. The molecule has 118 valence electrons. The third-order valence-electron chi connectivity index (χ3n) is 3.53. The van der Waals surface area contributed by atoms with E-state index in [-0.39, 0.29) is 11.9 Å². The fraction of sp³-hybridized carbons (Fsp3) is 0.312. The first kappa shape index (κ1) is 17.3. The van der Waals surface area contributed by atoms with E-state index in [9.17, 15) is 4.79 Å². The molecule has 1 N–H and O–H groups in total. The first-order valence-corrected chi connectivity index (χ1v) is 8.60. The minimum Gasteiger partial charge on any atom is -0.324 e. The van der Waals surface area contributed by atoms with Crippen molar-refractivity contribution >= 4 is 46.1 Å². The van der Waals surface area contributed by atoms with Crippen LogP contribution in [0.2, 0.25) is 10.0 Å². The largest absolute Gasteiger partial charge is 0.324 e. The molecule has 3 nitrogen and oxygen atoms in total. The van der Waals surface area contributed by atoms with Gasteiger partial charge in [0.05, 0.1) is 15.7 Å². The van der Waals surface area contributed by atoms with Crippen molar-refractivity contribution in [3.63, 3.8) is 0 Å². The molecule has 2 rings (SSSR count). The highest BCUT2D eigenvalue weighted by molar-refractivity contribution is 7.10. The summed E-state index contributed by atoms with van der Waals surface area (Å²) in [5, 5.41) is 5.73. The average molecular weight is 357 g/mol. The number of hydrogen-bond acceptors (Lipinski definition) is 3. The maximum atomic E-state index is 12.1. The number of carbonyl (C=O) groups excluding carboxylic acids is 1. The van der Waals surface area contributed by atoms with Gasteiger partial charge >= 0.3 is 0 Å². The van der Waals surface area contributed by atoms with Crippen molar-refractivity contribution in [2.75, 3.05) is 18.9 Å². The normalized spacial score (nSPS) is 12.4. The molecule has 0 aliphatic rings. The summed E-state index contributed by atoms with van der Waals surface area (Å²) in [6.07, 6.45) is 0.383. The lowest BCUT2D eigenvalue weighted by Gasteiger charge is -2.23. The summed E-state index contributed by atoms with van der Waals surface area (Å²) in [7, 11) is 2.01. The van der Waals surface area contributed by atoms with Crippen LogP contribution in [-0.2, 0) is 4.79 Å². The number of nitrogens with one attached hydrogen (secondary N) is 1. The number of carbonyl (C=O) groups is 1. The average Bonchev–Trinajstić information content (AvgIpc) is 3.02. The minimum atomic E-state index is -0.0970. The zero-order valence-electron chi connectivity index (χ0n) is 12.5. The van der Waals surface area contributed by atoms with Crippen molar-refractivity contribution in [1.82, 2.24) is 4.90 Å². The van der Waals surface area contributed by atoms with Gasteiger partial charge in [-0.2, -0.15) is 0 Å². The number of amides is 1. The fourth-order valence-corrected chi connectivity index (χ4v) is 3.38.